The number of aromatic nitrogens is 2. The Hall–Kier alpha value is -1.56. The Morgan fingerprint density at radius 2 is 2.16 bits per heavy atom. The average molecular weight is 385 g/mol. The van der Waals surface area contributed by atoms with E-state index in [0.717, 1.165) is 48.6 Å². The van der Waals surface area contributed by atoms with Gasteiger partial charge in [0.25, 0.3) is 5.91 Å². The highest BCUT2D eigenvalue weighted by atomic mass is 35.5. The van der Waals surface area contributed by atoms with Gasteiger partial charge in [0, 0.05) is 30.2 Å². The van der Waals surface area contributed by atoms with Crippen LogP contribution in [0.5, 0.6) is 0 Å². The van der Waals surface area contributed by atoms with E-state index in [0.29, 0.717) is 6.54 Å². The van der Waals surface area contributed by atoms with E-state index in [2.05, 4.69) is 20.2 Å². The van der Waals surface area contributed by atoms with Crippen LogP contribution in [0.3, 0.4) is 0 Å². The normalized spacial score (nSPS) is 16.5. The molecule has 7 heteroatoms. The lowest BCUT2D eigenvalue weighted by Gasteiger charge is -2.23. The van der Waals surface area contributed by atoms with Crippen LogP contribution in [0, 0.1) is 13.8 Å². The van der Waals surface area contributed by atoms with Crippen LogP contribution < -0.4 is 10.6 Å². The summed E-state index contributed by atoms with van der Waals surface area (Å²) in [6.07, 6.45) is 3.96. The van der Waals surface area contributed by atoms with Crippen LogP contribution >= 0.6 is 24.8 Å². The molecule has 1 aliphatic heterocycles. The molecule has 0 saturated carbocycles. The fraction of sp³-hybridized carbons (Fsp3) is 0.444. The second kappa shape index (κ2) is 9.80. The number of carbonyl (C=O) groups excluding carboxylic acids is 1. The van der Waals surface area contributed by atoms with Crippen LogP contribution in [-0.2, 0) is 6.54 Å². The molecule has 1 fully saturated rings. The molecule has 1 saturated heterocycles. The number of piperidine rings is 1. The maximum Gasteiger partial charge on any atom is 0.253 e. The van der Waals surface area contributed by atoms with Crippen molar-refractivity contribution in [3.05, 3.63) is 53.1 Å². The zero-order chi connectivity index (χ0) is 16.2. The summed E-state index contributed by atoms with van der Waals surface area (Å²) >= 11 is 0. The largest absolute Gasteiger partial charge is 0.348 e. The van der Waals surface area contributed by atoms with Gasteiger partial charge in [0.05, 0.1) is 17.8 Å². The highest BCUT2D eigenvalue weighted by molar-refractivity contribution is 5.96. The quantitative estimate of drug-likeness (QED) is 0.851. The van der Waals surface area contributed by atoms with Crippen LogP contribution in [0.4, 0.5) is 0 Å². The molecule has 3 heterocycles. The van der Waals surface area contributed by atoms with Crippen molar-refractivity contribution in [2.75, 3.05) is 13.1 Å². The van der Waals surface area contributed by atoms with Gasteiger partial charge in [0.15, 0.2) is 0 Å². The minimum Gasteiger partial charge on any atom is -0.348 e. The van der Waals surface area contributed by atoms with E-state index in [-0.39, 0.29) is 36.8 Å². The average Bonchev–Trinajstić information content (AvgIpc) is 2.85. The first-order chi connectivity index (χ1) is 11.1. The molecule has 138 valence electrons. The Kier molecular flexibility index (Phi) is 8.42. The Bertz CT molecular complexity index is 682. The molecule has 2 N–H and O–H groups in total. The molecule has 0 radical (unpaired) electrons. The number of rotatable bonds is 4. The fourth-order valence-corrected chi connectivity index (χ4v) is 3.17. The van der Waals surface area contributed by atoms with Gasteiger partial charge >= 0.3 is 0 Å². The molecule has 0 spiro atoms. The van der Waals surface area contributed by atoms with Crippen molar-refractivity contribution in [3.8, 4) is 0 Å². The number of carbonyl (C=O) groups is 1. The molecule has 1 aliphatic rings. The van der Waals surface area contributed by atoms with Gasteiger partial charge in [-0.05, 0) is 51.4 Å². The van der Waals surface area contributed by atoms with Gasteiger partial charge in [0.1, 0.15) is 0 Å². The minimum atomic E-state index is 0. The molecule has 3 rings (SSSR count). The van der Waals surface area contributed by atoms with Crippen LogP contribution in [-0.4, -0.2) is 34.6 Å². The highest BCUT2D eigenvalue weighted by Crippen LogP contribution is 2.17. The summed E-state index contributed by atoms with van der Waals surface area (Å²) in [5.74, 6) is 0.0269. The SMILES string of the molecule is Cc1cc(C(=O)NC2CCCNC2)c(C)n1Cc1ccccn1.Cl.Cl. The molecule has 1 amide bonds. The van der Waals surface area contributed by atoms with E-state index < -0.39 is 0 Å². The molecule has 2 aromatic rings. The van der Waals surface area contributed by atoms with E-state index in [1.165, 1.54) is 0 Å². The maximum absolute atomic E-state index is 12.6. The predicted octanol–water partition coefficient (Wildman–Crippen LogP) is 2.87. The Morgan fingerprint density at radius 3 is 2.80 bits per heavy atom. The van der Waals surface area contributed by atoms with E-state index >= 15 is 0 Å². The maximum atomic E-state index is 12.6. The molecule has 0 aromatic carbocycles. The molecule has 1 unspecified atom stereocenters. The Labute approximate surface area is 161 Å². The van der Waals surface area contributed by atoms with Crippen molar-refractivity contribution in [2.45, 2.75) is 39.3 Å². The van der Waals surface area contributed by atoms with Crippen molar-refractivity contribution in [1.82, 2.24) is 20.2 Å². The monoisotopic (exact) mass is 384 g/mol. The third-order valence-corrected chi connectivity index (χ3v) is 4.50. The van der Waals surface area contributed by atoms with Crippen LogP contribution in [0.2, 0.25) is 0 Å². The summed E-state index contributed by atoms with van der Waals surface area (Å²) in [7, 11) is 0. The number of amides is 1. The number of nitrogens with zero attached hydrogens (tertiary/aromatic N) is 2. The topological polar surface area (TPSA) is 59.0 Å². The second-order valence-corrected chi connectivity index (χ2v) is 6.21. The number of nitrogens with one attached hydrogen (secondary N) is 2. The number of halogens is 2. The first-order valence-corrected chi connectivity index (χ1v) is 8.23. The third-order valence-electron chi connectivity index (χ3n) is 4.50. The van der Waals surface area contributed by atoms with Crippen LogP contribution in [0.1, 0.15) is 40.3 Å². The lowest BCUT2D eigenvalue weighted by molar-refractivity contribution is 0.0930. The van der Waals surface area contributed by atoms with Crippen molar-refractivity contribution in [1.29, 1.82) is 0 Å². The van der Waals surface area contributed by atoms with E-state index in [9.17, 15) is 4.79 Å². The van der Waals surface area contributed by atoms with Crippen molar-refractivity contribution < 1.29 is 4.79 Å². The van der Waals surface area contributed by atoms with E-state index in [1.807, 2.05) is 38.1 Å². The second-order valence-electron chi connectivity index (χ2n) is 6.21. The molecule has 0 bridgehead atoms. The zero-order valence-electron chi connectivity index (χ0n) is 14.6. The zero-order valence-corrected chi connectivity index (χ0v) is 16.3. The lowest BCUT2D eigenvalue weighted by Crippen LogP contribution is -2.45. The van der Waals surface area contributed by atoms with Gasteiger partial charge < -0.3 is 15.2 Å². The molecule has 1 atom stereocenters. The van der Waals surface area contributed by atoms with Crippen molar-refractivity contribution >= 4 is 30.7 Å². The van der Waals surface area contributed by atoms with E-state index in [1.54, 1.807) is 6.20 Å². The highest BCUT2D eigenvalue weighted by Gasteiger charge is 2.20. The summed E-state index contributed by atoms with van der Waals surface area (Å²) in [6.45, 7) is 6.64. The van der Waals surface area contributed by atoms with Crippen molar-refractivity contribution in [2.24, 2.45) is 0 Å². The molecular weight excluding hydrogens is 359 g/mol. The van der Waals surface area contributed by atoms with Crippen LogP contribution in [0.25, 0.3) is 0 Å². The molecule has 0 aliphatic carbocycles. The third kappa shape index (κ3) is 5.21. The van der Waals surface area contributed by atoms with Crippen molar-refractivity contribution in [3.63, 3.8) is 0 Å². The van der Waals surface area contributed by atoms with Crippen LogP contribution in [0.15, 0.2) is 30.5 Å². The number of pyridine rings is 1. The molecule has 2 aromatic heterocycles. The minimum absolute atomic E-state index is 0. The predicted molar refractivity (Wildman–Crippen MR) is 105 cm³/mol. The van der Waals surface area contributed by atoms with E-state index in [4.69, 9.17) is 0 Å². The molecular formula is C18H26Cl2N4O. The fourth-order valence-electron chi connectivity index (χ4n) is 3.17. The Morgan fingerprint density at radius 1 is 1.36 bits per heavy atom. The number of hydrogen-bond donors (Lipinski definition) is 2. The summed E-state index contributed by atoms with van der Waals surface area (Å²) in [4.78, 5) is 17.0. The summed E-state index contributed by atoms with van der Waals surface area (Å²) < 4.78 is 2.15. The lowest BCUT2D eigenvalue weighted by atomic mass is 10.1. The van der Waals surface area contributed by atoms with Gasteiger partial charge in [-0.1, -0.05) is 6.07 Å². The molecule has 25 heavy (non-hydrogen) atoms. The standard InChI is InChI=1S/C18H24N4O.2ClH/c1-13-10-17(18(23)21-15-7-5-8-19-11-15)14(2)22(13)12-16-6-3-4-9-20-16;;/h3-4,6,9-10,15,19H,5,7-8,11-12H2,1-2H3,(H,21,23);2*1H. The first-order valence-electron chi connectivity index (χ1n) is 8.23. The summed E-state index contributed by atoms with van der Waals surface area (Å²) in [6, 6.07) is 8.11. The van der Waals surface area contributed by atoms with Gasteiger partial charge in [-0.3, -0.25) is 9.78 Å². The molecule has 5 nitrogen and oxygen atoms in total. The van der Waals surface area contributed by atoms with Gasteiger partial charge in [-0.2, -0.15) is 0 Å². The smallest absolute Gasteiger partial charge is 0.253 e. The Balaban J connectivity index is 0.00000156. The summed E-state index contributed by atoms with van der Waals surface area (Å²) in [5, 5.41) is 6.48. The van der Waals surface area contributed by atoms with Gasteiger partial charge in [-0.15, -0.1) is 24.8 Å². The number of aryl methyl sites for hydroxylation is 1. The summed E-state index contributed by atoms with van der Waals surface area (Å²) in [5.41, 5.74) is 3.84. The number of hydrogen-bond acceptors (Lipinski definition) is 3. The van der Waals surface area contributed by atoms with Gasteiger partial charge in [-0.25, -0.2) is 0 Å². The van der Waals surface area contributed by atoms with Gasteiger partial charge in [0.2, 0.25) is 0 Å². The first kappa shape index (κ1) is 21.5.